The first-order valence-electron chi connectivity index (χ1n) is 9.79. The van der Waals surface area contributed by atoms with Gasteiger partial charge in [0.2, 0.25) is 5.91 Å². The highest BCUT2D eigenvalue weighted by Crippen LogP contribution is 2.22. The Morgan fingerprint density at radius 3 is 2.24 bits per heavy atom. The Morgan fingerprint density at radius 2 is 1.65 bits per heavy atom. The topological polar surface area (TPSA) is 138 Å². The third-order valence-electron chi connectivity index (χ3n) is 4.82. The SMILES string of the molecule is COC(=O)Cn1c(=NC(=O)CCS(=O)(=O)c2ccc(OC)cc2)sc2cc(S(C)(=O)=O)ccc21. The highest BCUT2D eigenvalue weighted by Gasteiger charge is 2.18. The number of sulfone groups is 2. The molecule has 1 amide bonds. The van der Waals surface area contributed by atoms with E-state index >= 15 is 0 Å². The lowest BCUT2D eigenvalue weighted by molar-refractivity contribution is -0.141. The third kappa shape index (κ3) is 5.90. The molecular weight excluding hydrogens is 504 g/mol. The summed E-state index contributed by atoms with van der Waals surface area (Å²) in [6, 6.07) is 10.2. The number of carbonyl (C=O) groups is 2. The fourth-order valence-corrected chi connectivity index (χ4v) is 6.04. The van der Waals surface area contributed by atoms with Crippen molar-refractivity contribution in [3.8, 4) is 5.75 Å². The van der Waals surface area contributed by atoms with E-state index in [0.29, 0.717) is 16.0 Å². The Morgan fingerprint density at radius 1 is 1.00 bits per heavy atom. The van der Waals surface area contributed by atoms with Crippen molar-refractivity contribution in [1.82, 2.24) is 4.57 Å². The van der Waals surface area contributed by atoms with Crippen LogP contribution in [0.25, 0.3) is 10.2 Å². The largest absolute Gasteiger partial charge is 0.497 e. The first-order chi connectivity index (χ1) is 15.9. The minimum atomic E-state index is -3.73. The number of thiazole rings is 1. The second-order valence-electron chi connectivity index (χ2n) is 7.20. The molecule has 0 spiro atoms. The van der Waals surface area contributed by atoms with Gasteiger partial charge in [-0.3, -0.25) is 9.59 Å². The number of fused-ring (bicyclic) bond motifs is 1. The van der Waals surface area contributed by atoms with Crippen molar-refractivity contribution in [2.24, 2.45) is 4.99 Å². The fourth-order valence-electron chi connectivity index (χ4n) is 3.00. The van der Waals surface area contributed by atoms with E-state index in [0.717, 1.165) is 17.6 Å². The minimum Gasteiger partial charge on any atom is -0.497 e. The second kappa shape index (κ2) is 10.1. The van der Waals surface area contributed by atoms with E-state index in [1.165, 1.54) is 61.3 Å². The molecule has 0 aliphatic rings. The number of rotatable bonds is 8. The van der Waals surface area contributed by atoms with Gasteiger partial charge in [0, 0.05) is 12.7 Å². The van der Waals surface area contributed by atoms with Crippen LogP contribution in [0.2, 0.25) is 0 Å². The van der Waals surface area contributed by atoms with Gasteiger partial charge < -0.3 is 14.0 Å². The standard InChI is InChI=1S/C21H22N2O8S3/c1-30-14-4-6-15(7-5-14)34(28,29)11-10-19(24)22-21-23(13-20(25)31-2)17-9-8-16(33(3,26)27)12-18(17)32-21/h4-9,12H,10-11,13H2,1-3H3. The maximum Gasteiger partial charge on any atom is 0.325 e. The Bertz CT molecular complexity index is 1520. The van der Waals surface area contributed by atoms with Gasteiger partial charge in [0.05, 0.1) is 40.0 Å². The first-order valence-corrected chi connectivity index (χ1v) is 14.2. The van der Waals surface area contributed by atoms with Crippen LogP contribution in [0.15, 0.2) is 57.2 Å². The molecule has 2 aromatic carbocycles. The molecule has 0 radical (unpaired) electrons. The first kappa shape index (κ1) is 25.6. The molecule has 0 unspecified atom stereocenters. The zero-order valence-electron chi connectivity index (χ0n) is 18.5. The quantitative estimate of drug-likeness (QED) is 0.403. The number of amides is 1. The summed E-state index contributed by atoms with van der Waals surface area (Å²) in [5.74, 6) is -1.25. The van der Waals surface area contributed by atoms with Gasteiger partial charge in [0.25, 0.3) is 0 Å². The molecular formula is C21H22N2O8S3. The zero-order chi connectivity index (χ0) is 25.1. The van der Waals surface area contributed by atoms with E-state index in [4.69, 9.17) is 9.47 Å². The van der Waals surface area contributed by atoms with Gasteiger partial charge in [0.1, 0.15) is 12.3 Å². The number of aromatic nitrogens is 1. The maximum atomic E-state index is 12.6. The number of esters is 1. The third-order valence-corrected chi connectivity index (χ3v) is 8.70. The van der Waals surface area contributed by atoms with Crippen LogP contribution in [0.4, 0.5) is 0 Å². The monoisotopic (exact) mass is 526 g/mol. The summed E-state index contributed by atoms with van der Waals surface area (Å²) in [4.78, 5) is 28.7. The Labute approximate surface area is 200 Å². The van der Waals surface area contributed by atoms with E-state index in [-0.39, 0.29) is 27.6 Å². The maximum absolute atomic E-state index is 12.6. The molecule has 0 fully saturated rings. The summed E-state index contributed by atoms with van der Waals surface area (Å²) >= 11 is 1.01. The molecule has 10 nitrogen and oxygen atoms in total. The highest BCUT2D eigenvalue weighted by atomic mass is 32.2. The normalized spacial score (nSPS) is 12.6. The molecule has 0 atom stereocenters. The molecule has 1 heterocycles. The van der Waals surface area contributed by atoms with Gasteiger partial charge in [0.15, 0.2) is 24.5 Å². The number of nitrogens with zero attached hydrogens (tertiary/aromatic N) is 2. The summed E-state index contributed by atoms with van der Waals surface area (Å²) in [7, 11) is -4.53. The number of methoxy groups -OCH3 is 2. The number of benzene rings is 2. The molecule has 0 aliphatic heterocycles. The molecule has 0 saturated heterocycles. The van der Waals surface area contributed by atoms with Gasteiger partial charge >= 0.3 is 5.97 Å². The smallest absolute Gasteiger partial charge is 0.325 e. The van der Waals surface area contributed by atoms with Crippen molar-refractivity contribution in [2.45, 2.75) is 22.8 Å². The summed E-state index contributed by atoms with van der Waals surface area (Å²) in [6.07, 6.45) is 0.692. The highest BCUT2D eigenvalue weighted by molar-refractivity contribution is 7.91. The lowest BCUT2D eigenvalue weighted by Gasteiger charge is -2.05. The van der Waals surface area contributed by atoms with Crippen LogP contribution in [0.5, 0.6) is 5.75 Å². The zero-order valence-corrected chi connectivity index (χ0v) is 21.0. The van der Waals surface area contributed by atoms with Gasteiger partial charge in [-0.2, -0.15) is 4.99 Å². The Kier molecular flexibility index (Phi) is 7.58. The van der Waals surface area contributed by atoms with Crippen molar-refractivity contribution in [1.29, 1.82) is 0 Å². The predicted molar refractivity (Wildman–Crippen MR) is 125 cm³/mol. The summed E-state index contributed by atoms with van der Waals surface area (Å²) in [5, 5.41) is 0. The number of hydrogen-bond donors (Lipinski definition) is 0. The van der Waals surface area contributed by atoms with Crippen LogP contribution in [0.3, 0.4) is 0 Å². The van der Waals surface area contributed by atoms with Crippen LogP contribution < -0.4 is 9.54 Å². The predicted octanol–water partition coefficient (Wildman–Crippen LogP) is 1.58. The minimum absolute atomic E-state index is 0.0528. The Hall–Kier alpha value is -3.03. The second-order valence-corrected chi connectivity index (χ2v) is 12.3. The molecule has 3 aromatic rings. The van der Waals surface area contributed by atoms with Gasteiger partial charge in [-0.05, 0) is 42.5 Å². The average molecular weight is 527 g/mol. The van der Waals surface area contributed by atoms with Crippen LogP contribution >= 0.6 is 11.3 Å². The molecule has 3 rings (SSSR count). The van der Waals surface area contributed by atoms with Crippen molar-refractivity contribution in [2.75, 3.05) is 26.2 Å². The van der Waals surface area contributed by atoms with Crippen molar-refractivity contribution >= 4 is 53.1 Å². The molecule has 182 valence electrons. The number of hydrogen-bond acceptors (Lipinski definition) is 9. The molecule has 13 heteroatoms. The van der Waals surface area contributed by atoms with Crippen LogP contribution in [-0.2, 0) is 40.5 Å². The van der Waals surface area contributed by atoms with Gasteiger partial charge in [-0.15, -0.1) is 0 Å². The van der Waals surface area contributed by atoms with Crippen LogP contribution in [0, 0.1) is 0 Å². The number of ether oxygens (including phenoxy) is 2. The molecule has 34 heavy (non-hydrogen) atoms. The van der Waals surface area contributed by atoms with Crippen LogP contribution in [-0.4, -0.2) is 59.5 Å². The van der Waals surface area contributed by atoms with Crippen molar-refractivity contribution in [3.05, 3.63) is 47.3 Å². The van der Waals surface area contributed by atoms with Crippen molar-refractivity contribution < 1.29 is 35.9 Å². The molecule has 0 bridgehead atoms. The van der Waals surface area contributed by atoms with E-state index in [2.05, 4.69) is 4.99 Å². The van der Waals surface area contributed by atoms with E-state index < -0.39 is 37.3 Å². The summed E-state index contributed by atoms with van der Waals surface area (Å²) in [5.41, 5.74) is 0.486. The Balaban J connectivity index is 1.93. The molecule has 0 N–H and O–H groups in total. The molecule has 1 aromatic heterocycles. The van der Waals surface area contributed by atoms with E-state index in [1.807, 2.05) is 0 Å². The van der Waals surface area contributed by atoms with Gasteiger partial charge in [-0.1, -0.05) is 11.3 Å². The number of carbonyl (C=O) groups excluding carboxylic acids is 2. The summed E-state index contributed by atoms with van der Waals surface area (Å²) < 4.78 is 60.5. The average Bonchev–Trinajstić information content (AvgIpc) is 3.13. The lowest BCUT2D eigenvalue weighted by Crippen LogP contribution is -2.22. The molecule has 0 saturated carbocycles. The fraction of sp³-hybridized carbons (Fsp3) is 0.286. The lowest BCUT2D eigenvalue weighted by atomic mass is 10.3. The van der Waals surface area contributed by atoms with E-state index in [9.17, 15) is 26.4 Å². The van der Waals surface area contributed by atoms with Gasteiger partial charge in [-0.25, -0.2) is 16.8 Å². The van der Waals surface area contributed by atoms with Crippen molar-refractivity contribution in [3.63, 3.8) is 0 Å². The van der Waals surface area contributed by atoms with Crippen LogP contribution in [0.1, 0.15) is 6.42 Å². The summed E-state index contributed by atoms with van der Waals surface area (Å²) in [6.45, 7) is -0.259. The molecule has 0 aliphatic carbocycles. The van der Waals surface area contributed by atoms with E-state index in [1.54, 1.807) is 0 Å².